The van der Waals surface area contributed by atoms with E-state index in [1.165, 1.54) is 4.57 Å². The van der Waals surface area contributed by atoms with Gasteiger partial charge in [-0.15, -0.1) is 0 Å². The highest BCUT2D eigenvalue weighted by atomic mass is 16.3. The maximum atomic E-state index is 10.7. The summed E-state index contributed by atoms with van der Waals surface area (Å²) in [5.41, 5.74) is 1.72. The molecule has 1 fully saturated rings. The van der Waals surface area contributed by atoms with Crippen LogP contribution in [0.4, 0.5) is 5.82 Å². The van der Waals surface area contributed by atoms with Gasteiger partial charge in [0.2, 0.25) is 0 Å². The van der Waals surface area contributed by atoms with Crippen LogP contribution < -0.4 is 4.90 Å². The van der Waals surface area contributed by atoms with Gasteiger partial charge in [0.1, 0.15) is 5.82 Å². The molecule has 0 spiro atoms. The number of hydrogen-bond acceptors (Lipinski definition) is 6. The number of hydrogen-bond donors (Lipinski definition) is 3. The molecule has 0 radical (unpaired) electrons. The lowest BCUT2D eigenvalue weighted by molar-refractivity contribution is 0.0907. The van der Waals surface area contributed by atoms with E-state index in [0.717, 1.165) is 56.0 Å². The second-order valence-electron chi connectivity index (χ2n) is 8.39. The Labute approximate surface area is 170 Å². The lowest BCUT2D eigenvalue weighted by Crippen LogP contribution is -2.49. The van der Waals surface area contributed by atoms with Crippen molar-refractivity contribution in [2.24, 2.45) is 0 Å². The van der Waals surface area contributed by atoms with Gasteiger partial charge in [-0.3, -0.25) is 9.47 Å². The molecule has 1 saturated heterocycles. The summed E-state index contributed by atoms with van der Waals surface area (Å²) in [5.74, 6) is 1.59. The van der Waals surface area contributed by atoms with Crippen LogP contribution in [0.15, 0.2) is 36.5 Å². The fraction of sp³-hybridized carbons (Fsp3) is 0.500. The first-order valence-electron chi connectivity index (χ1n) is 10.5. The number of allylic oxidation sites excluding steroid dienone is 2. The predicted octanol–water partition coefficient (Wildman–Crippen LogP) is 2.01. The van der Waals surface area contributed by atoms with Crippen molar-refractivity contribution in [1.29, 1.82) is 0 Å². The number of pyridine rings is 1. The number of nitrogens with zero attached hydrogens (tertiary/aromatic N) is 4. The van der Waals surface area contributed by atoms with Gasteiger partial charge >= 0.3 is 0 Å². The van der Waals surface area contributed by atoms with Crippen LogP contribution in [-0.2, 0) is 6.54 Å². The molecule has 2 aromatic rings. The predicted molar refractivity (Wildman–Crippen MR) is 111 cm³/mol. The molecule has 0 aromatic carbocycles. The van der Waals surface area contributed by atoms with Gasteiger partial charge in [0.25, 0.3) is 0 Å². The minimum atomic E-state index is -0.660. The third-order valence-corrected chi connectivity index (χ3v) is 6.60. The normalized spacial score (nSPS) is 24.7. The molecule has 0 amide bonds. The SMILES string of the molecule is Oc1c2c(c(O)n1CC(O)CN1CCN(c3ccccn3)CC1)C1C=CC2CC1. The Morgan fingerprint density at radius 1 is 0.931 bits per heavy atom. The van der Waals surface area contributed by atoms with Gasteiger partial charge in [-0.1, -0.05) is 18.2 Å². The molecule has 7 nitrogen and oxygen atoms in total. The number of aromatic hydroxyl groups is 2. The number of β-amino-alcohol motifs (C(OH)–C–C–N with tert-alkyl or cyclic N) is 1. The van der Waals surface area contributed by atoms with Crippen LogP contribution in [0.5, 0.6) is 11.8 Å². The molecule has 154 valence electrons. The topological polar surface area (TPSA) is 85.0 Å². The van der Waals surface area contributed by atoms with Crippen LogP contribution in [0.3, 0.4) is 0 Å². The van der Waals surface area contributed by atoms with E-state index in [9.17, 15) is 15.3 Å². The molecule has 1 aliphatic heterocycles. The van der Waals surface area contributed by atoms with Gasteiger partial charge in [-0.25, -0.2) is 4.98 Å². The summed E-state index contributed by atoms with van der Waals surface area (Å²) in [5, 5.41) is 32.1. The first-order valence-corrected chi connectivity index (χ1v) is 10.5. The Morgan fingerprint density at radius 2 is 1.59 bits per heavy atom. The van der Waals surface area contributed by atoms with Crippen molar-refractivity contribution in [3.8, 4) is 11.8 Å². The molecule has 3 N–H and O–H groups in total. The second-order valence-corrected chi connectivity index (χ2v) is 8.39. The number of anilines is 1. The first-order chi connectivity index (χ1) is 14.1. The molecule has 6 rings (SSSR count). The van der Waals surface area contributed by atoms with Crippen LogP contribution in [0.25, 0.3) is 0 Å². The van der Waals surface area contributed by atoms with Crippen molar-refractivity contribution in [2.75, 3.05) is 37.6 Å². The van der Waals surface area contributed by atoms with E-state index >= 15 is 0 Å². The Balaban J connectivity index is 1.22. The largest absolute Gasteiger partial charge is 0.494 e. The number of piperazine rings is 1. The van der Waals surface area contributed by atoms with Crippen LogP contribution in [0.1, 0.15) is 35.8 Å². The number of fused-ring (bicyclic) bond motifs is 1. The van der Waals surface area contributed by atoms with E-state index in [1.807, 2.05) is 24.4 Å². The van der Waals surface area contributed by atoms with Gasteiger partial charge in [-0.05, 0) is 25.0 Å². The summed E-state index contributed by atoms with van der Waals surface area (Å²) >= 11 is 0. The third-order valence-electron chi connectivity index (χ3n) is 6.60. The summed E-state index contributed by atoms with van der Waals surface area (Å²) in [7, 11) is 0. The number of aliphatic hydroxyl groups is 1. The zero-order valence-corrected chi connectivity index (χ0v) is 16.5. The number of aromatic nitrogens is 2. The van der Waals surface area contributed by atoms with Gasteiger partial charge in [0, 0.05) is 61.9 Å². The molecular formula is C22H28N4O3. The third kappa shape index (κ3) is 3.28. The van der Waals surface area contributed by atoms with E-state index in [-0.39, 0.29) is 30.1 Å². The fourth-order valence-electron chi connectivity index (χ4n) is 5.10. The molecule has 29 heavy (non-hydrogen) atoms. The molecule has 2 aromatic heterocycles. The van der Waals surface area contributed by atoms with Crippen LogP contribution in [0, 0.1) is 0 Å². The molecule has 4 aliphatic rings. The lowest BCUT2D eigenvalue weighted by atomic mass is 9.73. The van der Waals surface area contributed by atoms with Crippen molar-refractivity contribution >= 4 is 5.82 Å². The van der Waals surface area contributed by atoms with Crippen LogP contribution in [-0.4, -0.2) is 68.6 Å². The molecule has 0 saturated carbocycles. The smallest absolute Gasteiger partial charge is 0.198 e. The molecular weight excluding hydrogens is 368 g/mol. The molecule has 3 aliphatic carbocycles. The summed E-state index contributed by atoms with van der Waals surface area (Å²) in [4.78, 5) is 8.89. The minimum absolute atomic E-state index is 0.121. The van der Waals surface area contributed by atoms with Crippen LogP contribution in [0.2, 0.25) is 0 Å². The van der Waals surface area contributed by atoms with Crippen molar-refractivity contribution in [2.45, 2.75) is 37.3 Å². The first kappa shape index (κ1) is 18.5. The van der Waals surface area contributed by atoms with Gasteiger partial charge in [-0.2, -0.15) is 0 Å². The Morgan fingerprint density at radius 3 is 2.14 bits per heavy atom. The van der Waals surface area contributed by atoms with Crippen LogP contribution >= 0.6 is 0 Å². The van der Waals surface area contributed by atoms with Crippen molar-refractivity contribution in [3.05, 3.63) is 47.7 Å². The molecule has 7 heteroatoms. The summed E-state index contributed by atoms with van der Waals surface area (Å²) in [6, 6.07) is 5.93. The van der Waals surface area contributed by atoms with Gasteiger partial charge in [0.15, 0.2) is 11.8 Å². The fourth-order valence-corrected chi connectivity index (χ4v) is 5.10. The highest BCUT2D eigenvalue weighted by molar-refractivity contribution is 5.56. The van der Waals surface area contributed by atoms with E-state index in [2.05, 4.69) is 26.9 Å². The standard InChI is InChI=1S/C22H28N4O3/c27-17(13-24-9-11-25(12-10-24)18-3-1-2-8-23-18)14-26-21(28)19-15-4-5-16(7-6-15)20(19)22(26)29/h1-5,8,15-17,27-29H,6-7,9-14H2. The van der Waals surface area contributed by atoms with Crippen molar-refractivity contribution < 1.29 is 15.3 Å². The van der Waals surface area contributed by atoms with E-state index in [4.69, 9.17) is 0 Å². The summed E-state index contributed by atoms with van der Waals surface area (Å²) in [6.07, 6.45) is 7.44. The summed E-state index contributed by atoms with van der Waals surface area (Å²) < 4.78 is 1.50. The molecule has 3 unspecified atom stereocenters. The average molecular weight is 396 g/mol. The Bertz CT molecular complexity index is 865. The lowest BCUT2D eigenvalue weighted by Gasteiger charge is -2.36. The zero-order valence-electron chi connectivity index (χ0n) is 16.5. The second kappa shape index (κ2) is 7.39. The highest BCUT2D eigenvalue weighted by Crippen LogP contribution is 2.53. The average Bonchev–Trinajstić information content (AvgIpc) is 3.03. The molecule has 3 heterocycles. The minimum Gasteiger partial charge on any atom is -0.494 e. The maximum Gasteiger partial charge on any atom is 0.198 e. The van der Waals surface area contributed by atoms with Gasteiger partial charge in [0.05, 0.1) is 12.6 Å². The maximum absolute atomic E-state index is 10.7. The van der Waals surface area contributed by atoms with E-state index in [1.54, 1.807) is 0 Å². The van der Waals surface area contributed by atoms with Crippen molar-refractivity contribution in [1.82, 2.24) is 14.5 Å². The van der Waals surface area contributed by atoms with E-state index in [0.29, 0.717) is 6.54 Å². The zero-order chi connectivity index (χ0) is 20.0. The van der Waals surface area contributed by atoms with E-state index < -0.39 is 6.10 Å². The molecule has 3 atom stereocenters. The monoisotopic (exact) mass is 396 g/mol. The molecule has 2 bridgehead atoms. The van der Waals surface area contributed by atoms with Crippen molar-refractivity contribution in [3.63, 3.8) is 0 Å². The quantitative estimate of drug-likeness (QED) is 0.671. The number of aliphatic hydroxyl groups excluding tert-OH is 1. The summed E-state index contributed by atoms with van der Waals surface area (Å²) in [6.45, 7) is 4.15. The van der Waals surface area contributed by atoms with Gasteiger partial charge < -0.3 is 20.2 Å². The number of rotatable bonds is 5. The highest BCUT2D eigenvalue weighted by Gasteiger charge is 2.38. The Hall–Kier alpha value is -2.51. The Kier molecular flexibility index (Phi) is 4.72.